The molecular weight excluding hydrogens is 234 g/mol. The molecule has 1 aliphatic heterocycles. The predicted molar refractivity (Wildman–Crippen MR) is 70.2 cm³/mol. The largest absolute Gasteiger partial charge is 0.332 e. The highest BCUT2D eigenvalue weighted by molar-refractivity contribution is 6.27. The lowest BCUT2D eigenvalue weighted by Gasteiger charge is -2.43. The molecule has 0 radical (unpaired) electrons. The average molecular weight is 252 g/mol. The first-order chi connectivity index (χ1) is 7.94. The van der Waals surface area contributed by atoms with Gasteiger partial charge < -0.3 is 4.90 Å². The standard InChI is InChI=1S/C14H18ClNO/c1-10-4-5-11-7-14(2,3)16(13(17)8-15)9-12(11)6-10/h4-6H,7-9H2,1-3H3. The maximum Gasteiger partial charge on any atom is 0.238 e. The van der Waals surface area contributed by atoms with Crippen LogP contribution in [0.3, 0.4) is 0 Å². The van der Waals surface area contributed by atoms with E-state index < -0.39 is 0 Å². The number of carbonyl (C=O) groups excluding carboxylic acids is 1. The van der Waals surface area contributed by atoms with Gasteiger partial charge in [-0.1, -0.05) is 23.8 Å². The number of aryl methyl sites for hydroxylation is 1. The molecule has 0 aromatic heterocycles. The maximum absolute atomic E-state index is 11.9. The monoisotopic (exact) mass is 251 g/mol. The Kier molecular flexibility index (Phi) is 3.17. The number of nitrogens with zero attached hydrogens (tertiary/aromatic N) is 1. The van der Waals surface area contributed by atoms with E-state index in [2.05, 4.69) is 39.0 Å². The normalized spacial score (nSPS) is 17.8. The zero-order valence-electron chi connectivity index (χ0n) is 10.6. The van der Waals surface area contributed by atoms with Crippen LogP contribution in [0.5, 0.6) is 0 Å². The van der Waals surface area contributed by atoms with Gasteiger partial charge in [0.05, 0.1) is 0 Å². The predicted octanol–water partition coefficient (Wildman–Crippen LogP) is 2.90. The summed E-state index contributed by atoms with van der Waals surface area (Å²) in [5, 5.41) is 0. The zero-order valence-corrected chi connectivity index (χ0v) is 11.3. The molecule has 2 rings (SSSR count). The minimum Gasteiger partial charge on any atom is -0.332 e. The molecular formula is C14H18ClNO. The fourth-order valence-electron chi connectivity index (χ4n) is 2.52. The molecule has 0 aliphatic carbocycles. The summed E-state index contributed by atoms with van der Waals surface area (Å²) < 4.78 is 0. The van der Waals surface area contributed by atoms with Crippen LogP contribution >= 0.6 is 11.6 Å². The van der Waals surface area contributed by atoms with Gasteiger partial charge in [0.25, 0.3) is 0 Å². The van der Waals surface area contributed by atoms with Crippen LogP contribution in [-0.2, 0) is 17.8 Å². The van der Waals surface area contributed by atoms with Gasteiger partial charge in [-0.15, -0.1) is 11.6 Å². The number of alkyl halides is 1. The van der Waals surface area contributed by atoms with E-state index >= 15 is 0 Å². The fraction of sp³-hybridized carbons (Fsp3) is 0.500. The second-order valence-electron chi connectivity index (χ2n) is 5.37. The van der Waals surface area contributed by atoms with Crippen molar-refractivity contribution in [3.63, 3.8) is 0 Å². The molecule has 0 saturated heterocycles. The second-order valence-corrected chi connectivity index (χ2v) is 5.64. The molecule has 1 aromatic rings. The van der Waals surface area contributed by atoms with Gasteiger partial charge in [-0.3, -0.25) is 4.79 Å². The Balaban J connectivity index is 2.38. The van der Waals surface area contributed by atoms with Crippen LogP contribution in [0.2, 0.25) is 0 Å². The molecule has 0 N–H and O–H groups in total. The lowest BCUT2D eigenvalue weighted by Crippen LogP contribution is -2.51. The quantitative estimate of drug-likeness (QED) is 0.703. The molecule has 1 amide bonds. The van der Waals surface area contributed by atoms with Gasteiger partial charge in [0.15, 0.2) is 0 Å². The van der Waals surface area contributed by atoms with Crippen molar-refractivity contribution >= 4 is 17.5 Å². The Morgan fingerprint density at radius 2 is 2.12 bits per heavy atom. The van der Waals surface area contributed by atoms with E-state index in [0.29, 0.717) is 6.54 Å². The van der Waals surface area contributed by atoms with E-state index in [-0.39, 0.29) is 17.3 Å². The first kappa shape index (κ1) is 12.4. The van der Waals surface area contributed by atoms with E-state index in [1.807, 2.05) is 4.90 Å². The SMILES string of the molecule is Cc1ccc2c(c1)CN(C(=O)CCl)C(C)(C)C2. The number of halogens is 1. The van der Waals surface area contributed by atoms with Crippen LogP contribution in [0.4, 0.5) is 0 Å². The van der Waals surface area contributed by atoms with Crippen LogP contribution < -0.4 is 0 Å². The summed E-state index contributed by atoms with van der Waals surface area (Å²) in [5.74, 6) is 0.0775. The molecule has 0 unspecified atom stereocenters. The molecule has 1 heterocycles. The summed E-state index contributed by atoms with van der Waals surface area (Å²) in [4.78, 5) is 13.8. The molecule has 92 valence electrons. The Hall–Kier alpha value is -1.02. The van der Waals surface area contributed by atoms with Crippen molar-refractivity contribution in [1.29, 1.82) is 0 Å². The van der Waals surface area contributed by atoms with Gasteiger partial charge >= 0.3 is 0 Å². The van der Waals surface area contributed by atoms with Gasteiger partial charge in [0, 0.05) is 12.1 Å². The molecule has 3 heteroatoms. The van der Waals surface area contributed by atoms with Crippen molar-refractivity contribution in [3.05, 3.63) is 34.9 Å². The minimum atomic E-state index is -0.145. The number of rotatable bonds is 1. The number of hydrogen-bond acceptors (Lipinski definition) is 1. The van der Waals surface area contributed by atoms with Crippen molar-refractivity contribution in [2.45, 2.75) is 39.3 Å². The van der Waals surface area contributed by atoms with Crippen molar-refractivity contribution < 1.29 is 4.79 Å². The molecule has 1 aromatic carbocycles. The molecule has 0 atom stereocenters. The van der Waals surface area contributed by atoms with Crippen LogP contribution in [0, 0.1) is 6.92 Å². The molecule has 0 saturated carbocycles. The van der Waals surface area contributed by atoms with Crippen LogP contribution in [0.1, 0.15) is 30.5 Å². The second kappa shape index (κ2) is 4.34. The van der Waals surface area contributed by atoms with Gasteiger partial charge in [-0.2, -0.15) is 0 Å². The summed E-state index contributed by atoms with van der Waals surface area (Å²) in [5.41, 5.74) is 3.69. The summed E-state index contributed by atoms with van der Waals surface area (Å²) in [6.07, 6.45) is 0.894. The third-order valence-corrected chi connectivity index (χ3v) is 3.69. The van der Waals surface area contributed by atoms with Crippen molar-refractivity contribution in [2.24, 2.45) is 0 Å². The fourth-order valence-corrected chi connectivity index (χ4v) is 2.66. The van der Waals surface area contributed by atoms with Crippen LogP contribution in [0.25, 0.3) is 0 Å². The van der Waals surface area contributed by atoms with Crippen LogP contribution in [0.15, 0.2) is 18.2 Å². The summed E-state index contributed by atoms with van der Waals surface area (Å²) in [7, 11) is 0. The number of carbonyl (C=O) groups is 1. The first-order valence-electron chi connectivity index (χ1n) is 5.89. The smallest absolute Gasteiger partial charge is 0.238 e. The Morgan fingerprint density at radius 3 is 2.76 bits per heavy atom. The summed E-state index contributed by atoms with van der Waals surface area (Å²) in [6, 6.07) is 6.47. The summed E-state index contributed by atoms with van der Waals surface area (Å²) >= 11 is 5.68. The van der Waals surface area contributed by atoms with Crippen molar-refractivity contribution in [2.75, 3.05) is 5.88 Å². The van der Waals surface area contributed by atoms with E-state index in [0.717, 1.165) is 6.42 Å². The topological polar surface area (TPSA) is 20.3 Å². The van der Waals surface area contributed by atoms with Gasteiger partial charge in [-0.05, 0) is 38.3 Å². The highest BCUT2D eigenvalue weighted by Crippen LogP contribution is 2.31. The van der Waals surface area contributed by atoms with Crippen molar-refractivity contribution in [3.8, 4) is 0 Å². The first-order valence-corrected chi connectivity index (χ1v) is 6.42. The number of benzene rings is 1. The molecule has 0 spiro atoms. The zero-order chi connectivity index (χ0) is 12.6. The summed E-state index contributed by atoms with van der Waals surface area (Å²) in [6.45, 7) is 6.95. The van der Waals surface area contributed by atoms with E-state index in [9.17, 15) is 4.79 Å². The molecule has 0 bridgehead atoms. The lowest BCUT2D eigenvalue weighted by molar-refractivity contribution is -0.135. The Bertz CT molecular complexity index is 454. The van der Waals surface area contributed by atoms with Gasteiger partial charge in [-0.25, -0.2) is 0 Å². The van der Waals surface area contributed by atoms with E-state index in [4.69, 9.17) is 11.6 Å². The molecule has 17 heavy (non-hydrogen) atoms. The number of amides is 1. The Labute approximate surface area is 108 Å². The highest BCUT2D eigenvalue weighted by atomic mass is 35.5. The molecule has 1 aliphatic rings. The van der Waals surface area contributed by atoms with Crippen LogP contribution in [-0.4, -0.2) is 22.2 Å². The third kappa shape index (κ3) is 2.32. The lowest BCUT2D eigenvalue weighted by atomic mass is 9.85. The van der Waals surface area contributed by atoms with Gasteiger partial charge in [0.1, 0.15) is 5.88 Å². The average Bonchev–Trinajstić information content (AvgIpc) is 2.27. The minimum absolute atomic E-state index is 0.0174. The van der Waals surface area contributed by atoms with E-state index in [1.165, 1.54) is 16.7 Å². The Morgan fingerprint density at radius 1 is 1.41 bits per heavy atom. The number of hydrogen-bond donors (Lipinski definition) is 0. The number of fused-ring (bicyclic) bond motifs is 1. The van der Waals surface area contributed by atoms with E-state index in [1.54, 1.807) is 0 Å². The van der Waals surface area contributed by atoms with Crippen molar-refractivity contribution in [1.82, 2.24) is 4.90 Å². The highest BCUT2D eigenvalue weighted by Gasteiger charge is 2.35. The third-order valence-electron chi connectivity index (χ3n) is 3.46. The molecule has 2 nitrogen and oxygen atoms in total. The van der Waals surface area contributed by atoms with Gasteiger partial charge in [0.2, 0.25) is 5.91 Å². The molecule has 0 fully saturated rings. The maximum atomic E-state index is 11.9.